The fourth-order valence-corrected chi connectivity index (χ4v) is 4.43. The summed E-state index contributed by atoms with van der Waals surface area (Å²) in [6, 6.07) is 17.0. The number of nitrogens with zero attached hydrogens (tertiary/aromatic N) is 1. The zero-order chi connectivity index (χ0) is 20.1. The summed E-state index contributed by atoms with van der Waals surface area (Å²) in [6.07, 6.45) is 2.56. The summed E-state index contributed by atoms with van der Waals surface area (Å²) in [5.41, 5.74) is 1.91. The van der Waals surface area contributed by atoms with Crippen LogP contribution >= 0.6 is 0 Å². The van der Waals surface area contributed by atoms with Gasteiger partial charge in [0.15, 0.2) is 0 Å². The molecule has 0 spiro atoms. The van der Waals surface area contributed by atoms with E-state index in [1.165, 1.54) is 10.6 Å². The molecule has 6 nitrogen and oxygen atoms in total. The van der Waals surface area contributed by atoms with Gasteiger partial charge in [0.1, 0.15) is 5.75 Å². The lowest BCUT2D eigenvalue weighted by atomic mass is 9.95. The first-order chi connectivity index (χ1) is 13.4. The molecular weight excluding hydrogens is 376 g/mol. The number of nitrogens with one attached hydrogen (secondary N) is 1. The summed E-state index contributed by atoms with van der Waals surface area (Å²) in [5.74, 6) is 0.268. The molecule has 0 radical (unpaired) electrons. The average molecular weight is 403 g/mol. The van der Waals surface area contributed by atoms with Gasteiger partial charge in [0.25, 0.3) is 0 Å². The van der Waals surface area contributed by atoms with Gasteiger partial charge in [-0.2, -0.15) is 0 Å². The third-order valence-corrected chi connectivity index (χ3v) is 6.36. The van der Waals surface area contributed by atoms with Crippen molar-refractivity contribution in [2.24, 2.45) is 5.92 Å². The van der Waals surface area contributed by atoms with Gasteiger partial charge in [-0.25, -0.2) is 12.7 Å². The summed E-state index contributed by atoms with van der Waals surface area (Å²) in [6.45, 7) is 0.706. The Kier molecular flexibility index (Phi) is 6.36. The molecule has 150 valence electrons. The Morgan fingerprint density at radius 3 is 2.36 bits per heavy atom. The predicted molar refractivity (Wildman–Crippen MR) is 109 cm³/mol. The van der Waals surface area contributed by atoms with E-state index in [-0.39, 0.29) is 24.4 Å². The SMILES string of the molecule is COc1ccc(C(NC(=O)C2CCCN(S(C)(=O)=O)C2)c2ccccc2)cc1. The molecule has 0 bridgehead atoms. The maximum atomic E-state index is 13.0. The van der Waals surface area contributed by atoms with Crippen molar-refractivity contribution in [2.75, 3.05) is 26.5 Å². The minimum atomic E-state index is -3.29. The minimum absolute atomic E-state index is 0.127. The van der Waals surface area contributed by atoms with Gasteiger partial charge < -0.3 is 10.1 Å². The van der Waals surface area contributed by atoms with E-state index in [0.29, 0.717) is 19.4 Å². The van der Waals surface area contributed by atoms with Crippen molar-refractivity contribution in [3.05, 3.63) is 65.7 Å². The number of carbonyl (C=O) groups excluding carboxylic acids is 1. The maximum absolute atomic E-state index is 13.0. The van der Waals surface area contributed by atoms with E-state index < -0.39 is 10.0 Å². The average Bonchev–Trinajstić information content (AvgIpc) is 2.72. The smallest absolute Gasteiger partial charge is 0.225 e. The van der Waals surface area contributed by atoms with Crippen LogP contribution in [0.4, 0.5) is 0 Å². The number of hydrogen-bond acceptors (Lipinski definition) is 4. The van der Waals surface area contributed by atoms with Crippen molar-refractivity contribution >= 4 is 15.9 Å². The number of rotatable bonds is 6. The number of piperidine rings is 1. The molecule has 28 heavy (non-hydrogen) atoms. The van der Waals surface area contributed by atoms with Gasteiger partial charge in [-0.1, -0.05) is 42.5 Å². The second-order valence-corrected chi connectivity index (χ2v) is 9.07. The predicted octanol–water partition coefficient (Wildman–Crippen LogP) is 2.57. The Morgan fingerprint density at radius 2 is 1.75 bits per heavy atom. The van der Waals surface area contributed by atoms with Crippen molar-refractivity contribution < 1.29 is 17.9 Å². The lowest BCUT2D eigenvalue weighted by Crippen LogP contribution is -2.45. The van der Waals surface area contributed by atoms with Crippen LogP contribution in [-0.2, 0) is 14.8 Å². The summed E-state index contributed by atoms with van der Waals surface area (Å²) >= 11 is 0. The molecule has 7 heteroatoms. The second-order valence-electron chi connectivity index (χ2n) is 7.09. The molecule has 1 amide bonds. The fraction of sp³-hybridized carbons (Fsp3) is 0.381. The molecule has 1 heterocycles. The number of ether oxygens (including phenoxy) is 1. The maximum Gasteiger partial charge on any atom is 0.225 e. The Labute approximate surface area is 166 Å². The molecule has 1 saturated heterocycles. The Bertz CT molecular complexity index is 898. The fourth-order valence-electron chi connectivity index (χ4n) is 3.52. The number of benzene rings is 2. The van der Waals surface area contributed by atoms with Crippen LogP contribution in [0.25, 0.3) is 0 Å². The van der Waals surface area contributed by atoms with Gasteiger partial charge in [0.2, 0.25) is 15.9 Å². The highest BCUT2D eigenvalue weighted by Gasteiger charge is 2.31. The van der Waals surface area contributed by atoms with Crippen LogP contribution in [0.5, 0.6) is 5.75 Å². The summed E-state index contributed by atoms with van der Waals surface area (Å²) < 4.78 is 30.3. The lowest BCUT2D eigenvalue weighted by Gasteiger charge is -2.31. The summed E-state index contributed by atoms with van der Waals surface area (Å²) in [7, 11) is -1.68. The third-order valence-electron chi connectivity index (χ3n) is 5.09. The molecule has 0 saturated carbocycles. The molecule has 0 aromatic heterocycles. The molecule has 2 aromatic carbocycles. The molecule has 2 aromatic rings. The van der Waals surface area contributed by atoms with Crippen LogP contribution in [-0.4, -0.2) is 45.1 Å². The van der Waals surface area contributed by atoms with Crippen LogP contribution in [0.2, 0.25) is 0 Å². The minimum Gasteiger partial charge on any atom is -0.497 e. The van der Waals surface area contributed by atoms with E-state index in [1.807, 2.05) is 54.6 Å². The van der Waals surface area contributed by atoms with E-state index >= 15 is 0 Å². The van der Waals surface area contributed by atoms with Crippen LogP contribution in [0.15, 0.2) is 54.6 Å². The zero-order valence-corrected chi connectivity index (χ0v) is 17.0. The molecule has 2 atom stereocenters. The summed E-state index contributed by atoms with van der Waals surface area (Å²) in [5, 5.41) is 3.13. The van der Waals surface area contributed by atoms with Crippen molar-refractivity contribution in [3.8, 4) is 5.75 Å². The van der Waals surface area contributed by atoms with E-state index in [2.05, 4.69) is 5.32 Å². The van der Waals surface area contributed by atoms with Gasteiger partial charge in [-0.3, -0.25) is 4.79 Å². The van der Waals surface area contributed by atoms with Crippen molar-refractivity contribution in [2.45, 2.75) is 18.9 Å². The quantitative estimate of drug-likeness (QED) is 0.806. The van der Waals surface area contributed by atoms with Crippen LogP contribution < -0.4 is 10.1 Å². The molecule has 3 rings (SSSR count). The van der Waals surface area contributed by atoms with Crippen molar-refractivity contribution in [1.82, 2.24) is 9.62 Å². The van der Waals surface area contributed by atoms with Gasteiger partial charge >= 0.3 is 0 Å². The Morgan fingerprint density at radius 1 is 1.11 bits per heavy atom. The molecule has 1 aliphatic rings. The lowest BCUT2D eigenvalue weighted by molar-refractivity contribution is -0.126. The van der Waals surface area contributed by atoms with Crippen molar-refractivity contribution in [3.63, 3.8) is 0 Å². The van der Waals surface area contributed by atoms with Crippen LogP contribution in [0, 0.1) is 5.92 Å². The zero-order valence-electron chi connectivity index (χ0n) is 16.2. The first kappa shape index (κ1) is 20.4. The molecule has 2 unspecified atom stereocenters. The number of methoxy groups -OCH3 is 1. The highest BCUT2D eigenvalue weighted by atomic mass is 32.2. The highest BCUT2D eigenvalue weighted by Crippen LogP contribution is 2.26. The Balaban J connectivity index is 1.82. The largest absolute Gasteiger partial charge is 0.497 e. The summed E-state index contributed by atoms with van der Waals surface area (Å²) in [4.78, 5) is 13.0. The van der Waals surface area contributed by atoms with E-state index in [1.54, 1.807) is 7.11 Å². The standard InChI is InChI=1S/C21H26N2O4S/c1-27-19-12-10-17(11-13-19)20(16-7-4-3-5-8-16)22-21(24)18-9-6-14-23(15-18)28(2,25)26/h3-5,7-8,10-13,18,20H,6,9,14-15H2,1-2H3,(H,22,24). The van der Waals surface area contributed by atoms with E-state index in [0.717, 1.165) is 16.9 Å². The monoisotopic (exact) mass is 402 g/mol. The van der Waals surface area contributed by atoms with Gasteiger partial charge in [-0.05, 0) is 36.1 Å². The molecule has 1 N–H and O–H groups in total. The number of carbonyl (C=O) groups is 1. The molecule has 1 fully saturated rings. The normalized spacial score (nSPS) is 19.0. The number of hydrogen-bond donors (Lipinski definition) is 1. The topological polar surface area (TPSA) is 75.7 Å². The first-order valence-electron chi connectivity index (χ1n) is 9.33. The highest BCUT2D eigenvalue weighted by molar-refractivity contribution is 7.88. The van der Waals surface area contributed by atoms with Crippen LogP contribution in [0.1, 0.15) is 30.0 Å². The Hall–Kier alpha value is -2.38. The van der Waals surface area contributed by atoms with E-state index in [4.69, 9.17) is 4.74 Å². The first-order valence-corrected chi connectivity index (χ1v) is 11.2. The second kappa shape index (κ2) is 8.75. The van der Waals surface area contributed by atoms with Gasteiger partial charge in [0, 0.05) is 13.1 Å². The molecule has 0 aliphatic carbocycles. The van der Waals surface area contributed by atoms with E-state index in [9.17, 15) is 13.2 Å². The number of amides is 1. The van der Waals surface area contributed by atoms with Gasteiger partial charge in [0.05, 0.1) is 25.3 Å². The number of sulfonamides is 1. The third kappa shape index (κ3) is 4.91. The molecular formula is C21H26N2O4S. The van der Waals surface area contributed by atoms with Crippen molar-refractivity contribution in [1.29, 1.82) is 0 Å². The molecule has 1 aliphatic heterocycles. The van der Waals surface area contributed by atoms with Crippen LogP contribution in [0.3, 0.4) is 0 Å². The van der Waals surface area contributed by atoms with Gasteiger partial charge in [-0.15, -0.1) is 0 Å².